The predicted molar refractivity (Wildman–Crippen MR) is 143 cm³/mol. The van der Waals surface area contributed by atoms with Crippen LogP contribution in [0, 0.1) is 5.41 Å². The van der Waals surface area contributed by atoms with Crippen molar-refractivity contribution >= 4 is 35.4 Å². The van der Waals surface area contributed by atoms with Crippen LogP contribution < -0.4 is 15.4 Å². The van der Waals surface area contributed by atoms with Gasteiger partial charge in [-0.3, -0.25) is 10.2 Å². The lowest BCUT2D eigenvalue weighted by molar-refractivity contribution is -0.115. The molecule has 8 heteroatoms. The number of esters is 2. The van der Waals surface area contributed by atoms with Gasteiger partial charge in [0, 0.05) is 17.7 Å². The number of nitrogens with one attached hydrogen (secondary N) is 1. The van der Waals surface area contributed by atoms with E-state index in [0.717, 1.165) is 5.56 Å². The average molecular weight is 500 g/mol. The molecule has 0 saturated heterocycles. The summed E-state index contributed by atoms with van der Waals surface area (Å²) in [7, 11) is 0. The quantitative estimate of drug-likeness (QED) is 0.143. The third kappa shape index (κ3) is 6.70. The number of hydrogen-bond acceptors (Lipinski definition) is 6. The molecule has 0 unspecified atom stereocenters. The number of ether oxygens (including phenoxy) is 2. The van der Waals surface area contributed by atoms with Gasteiger partial charge >= 0.3 is 11.9 Å². The largest absolute Gasteiger partial charge is 0.462 e. The van der Waals surface area contributed by atoms with Crippen molar-refractivity contribution in [2.75, 3.05) is 18.1 Å². The molecule has 0 aromatic heterocycles. The Morgan fingerprint density at radius 1 is 0.892 bits per heavy atom. The Kier molecular flexibility index (Phi) is 8.94. The highest BCUT2D eigenvalue weighted by Gasteiger charge is 2.22. The summed E-state index contributed by atoms with van der Waals surface area (Å²) in [5.74, 6) is -1.00. The molecule has 0 fully saturated rings. The molecule has 3 aromatic rings. The topological polar surface area (TPSA) is 123 Å². The molecule has 3 aromatic carbocycles. The van der Waals surface area contributed by atoms with Crippen LogP contribution in [0.25, 0.3) is 6.08 Å². The standard InChI is InChI=1S/C29H29N3O5/c1-4-32(25-9-7-6-8-24(25)29(35)36-5-2)27(33)19(3)18-20-10-12-22(13-11-20)28(34)37-23-16-14-21(15-17-23)26(30)31/h6-18H,4-5H2,1-3H3,(H3,30,31)/b19-18+. The first-order valence-corrected chi connectivity index (χ1v) is 11.8. The first-order chi connectivity index (χ1) is 17.7. The van der Waals surface area contributed by atoms with Crippen molar-refractivity contribution in [1.29, 1.82) is 5.41 Å². The van der Waals surface area contributed by atoms with Crippen LogP contribution in [-0.4, -0.2) is 36.8 Å². The van der Waals surface area contributed by atoms with E-state index in [1.165, 1.54) is 4.90 Å². The second-order valence-electron chi connectivity index (χ2n) is 8.06. The number of likely N-dealkylation sites (N-methyl/N-ethyl adjacent to an activating group) is 1. The second-order valence-corrected chi connectivity index (χ2v) is 8.06. The molecule has 8 nitrogen and oxygen atoms in total. The third-order valence-electron chi connectivity index (χ3n) is 5.49. The number of rotatable bonds is 9. The lowest BCUT2D eigenvalue weighted by Gasteiger charge is -2.23. The summed E-state index contributed by atoms with van der Waals surface area (Å²) in [4.78, 5) is 39.7. The fourth-order valence-corrected chi connectivity index (χ4v) is 3.62. The number of hydrogen-bond donors (Lipinski definition) is 2. The van der Waals surface area contributed by atoms with Crippen molar-refractivity contribution in [3.63, 3.8) is 0 Å². The molecular formula is C29H29N3O5. The zero-order valence-electron chi connectivity index (χ0n) is 21.0. The zero-order chi connectivity index (χ0) is 26.9. The number of nitrogens with two attached hydrogens (primary N) is 1. The SMILES string of the molecule is CCOC(=O)c1ccccc1N(CC)C(=O)/C(C)=C/c1ccc(C(=O)Oc2ccc(C(=N)N)cc2)cc1. The highest BCUT2D eigenvalue weighted by Crippen LogP contribution is 2.24. The lowest BCUT2D eigenvalue weighted by atomic mass is 10.1. The molecule has 1 amide bonds. The Balaban J connectivity index is 1.74. The van der Waals surface area contributed by atoms with E-state index >= 15 is 0 Å². The summed E-state index contributed by atoms with van der Waals surface area (Å²) in [6.45, 7) is 5.86. The van der Waals surface area contributed by atoms with Gasteiger partial charge in [0.1, 0.15) is 11.6 Å². The number of carbonyl (C=O) groups excluding carboxylic acids is 3. The number of amidine groups is 1. The summed E-state index contributed by atoms with van der Waals surface area (Å²) >= 11 is 0. The van der Waals surface area contributed by atoms with Gasteiger partial charge in [-0.25, -0.2) is 9.59 Å². The highest BCUT2D eigenvalue weighted by atomic mass is 16.5. The first-order valence-electron chi connectivity index (χ1n) is 11.8. The Bertz CT molecular complexity index is 1330. The van der Waals surface area contributed by atoms with Crippen molar-refractivity contribution in [1.82, 2.24) is 0 Å². The molecule has 3 N–H and O–H groups in total. The van der Waals surface area contributed by atoms with Gasteiger partial charge in [0.25, 0.3) is 5.91 Å². The summed E-state index contributed by atoms with van der Waals surface area (Å²) < 4.78 is 10.5. The second kappa shape index (κ2) is 12.3. The maximum Gasteiger partial charge on any atom is 0.343 e. The van der Waals surface area contributed by atoms with Gasteiger partial charge in [0.05, 0.1) is 23.4 Å². The van der Waals surface area contributed by atoms with Gasteiger partial charge in [-0.1, -0.05) is 24.3 Å². The van der Waals surface area contributed by atoms with Crippen LogP contribution in [0.15, 0.2) is 78.4 Å². The molecule has 0 heterocycles. The number of carbonyl (C=O) groups is 3. The molecule has 190 valence electrons. The minimum Gasteiger partial charge on any atom is -0.462 e. The smallest absolute Gasteiger partial charge is 0.343 e. The van der Waals surface area contributed by atoms with Gasteiger partial charge in [-0.2, -0.15) is 0 Å². The Labute approximate surface area is 215 Å². The van der Waals surface area contributed by atoms with Crippen LogP contribution in [0.5, 0.6) is 5.75 Å². The minimum atomic E-state index is -0.536. The summed E-state index contributed by atoms with van der Waals surface area (Å²) in [5, 5.41) is 7.42. The van der Waals surface area contributed by atoms with Crippen LogP contribution in [-0.2, 0) is 9.53 Å². The van der Waals surface area contributed by atoms with Crippen molar-refractivity contribution in [2.24, 2.45) is 5.73 Å². The molecule has 0 bridgehead atoms. The van der Waals surface area contributed by atoms with E-state index in [0.29, 0.717) is 40.2 Å². The fourth-order valence-electron chi connectivity index (χ4n) is 3.62. The minimum absolute atomic E-state index is 0.0689. The Morgan fingerprint density at radius 3 is 2.11 bits per heavy atom. The number of para-hydroxylation sites is 1. The highest BCUT2D eigenvalue weighted by molar-refractivity contribution is 6.11. The molecule has 0 saturated carbocycles. The molecule has 0 aliphatic heterocycles. The summed E-state index contributed by atoms with van der Waals surface area (Å²) in [5.41, 5.74) is 8.30. The van der Waals surface area contributed by atoms with Crippen LogP contribution in [0.2, 0.25) is 0 Å². The zero-order valence-corrected chi connectivity index (χ0v) is 21.0. The average Bonchev–Trinajstić information content (AvgIpc) is 2.90. The maximum absolute atomic E-state index is 13.3. The normalized spacial score (nSPS) is 10.9. The number of benzene rings is 3. The molecule has 0 atom stereocenters. The summed E-state index contributed by atoms with van der Waals surface area (Å²) in [6, 6.07) is 19.9. The van der Waals surface area contributed by atoms with Crippen LogP contribution in [0.1, 0.15) is 52.6 Å². The van der Waals surface area contributed by atoms with E-state index in [2.05, 4.69) is 0 Å². The third-order valence-corrected chi connectivity index (χ3v) is 5.49. The van der Waals surface area contributed by atoms with Crippen molar-refractivity contribution in [3.8, 4) is 5.75 Å². The van der Waals surface area contributed by atoms with E-state index in [1.807, 2.05) is 6.92 Å². The molecular weight excluding hydrogens is 470 g/mol. The van der Waals surface area contributed by atoms with Crippen LogP contribution in [0.3, 0.4) is 0 Å². The van der Waals surface area contributed by atoms with Gasteiger partial charge in [-0.15, -0.1) is 0 Å². The number of nitrogen functional groups attached to an aromatic ring is 1. The molecule has 0 aliphatic rings. The molecule has 0 radical (unpaired) electrons. The van der Waals surface area contributed by atoms with Crippen LogP contribution >= 0.6 is 0 Å². The predicted octanol–water partition coefficient (Wildman–Crippen LogP) is 4.82. The van der Waals surface area contributed by atoms with Crippen molar-refractivity contribution < 1.29 is 23.9 Å². The molecule has 37 heavy (non-hydrogen) atoms. The van der Waals surface area contributed by atoms with E-state index in [9.17, 15) is 14.4 Å². The monoisotopic (exact) mass is 499 g/mol. The molecule has 0 aliphatic carbocycles. The van der Waals surface area contributed by atoms with E-state index < -0.39 is 11.9 Å². The van der Waals surface area contributed by atoms with Gasteiger partial charge in [-0.05, 0) is 80.9 Å². The van der Waals surface area contributed by atoms with Gasteiger partial charge in [0.15, 0.2) is 0 Å². The maximum atomic E-state index is 13.3. The molecule has 0 spiro atoms. The summed E-state index contributed by atoms with van der Waals surface area (Å²) in [6.07, 6.45) is 1.72. The molecule has 3 rings (SSSR count). The number of nitrogens with zero attached hydrogens (tertiary/aromatic N) is 1. The van der Waals surface area contributed by atoms with E-state index in [4.69, 9.17) is 20.6 Å². The Hall–Kier alpha value is -4.72. The van der Waals surface area contributed by atoms with Crippen molar-refractivity contribution in [3.05, 3.63) is 101 Å². The Morgan fingerprint density at radius 2 is 1.51 bits per heavy atom. The van der Waals surface area contributed by atoms with E-state index in [-0.39, 0.29) is 18.3 Å². The number of anilines is 1. The first kappa shape index (κ1) is 26.9. The van der Waals surface area contributed by atoms with Gasteiger partial charge < -0.3 is 20.1 Å². The van der Waals surface area contributed by atoms with E-state index in [1.54, 1.807) is 92.7 Å². The van der Waals surface area contributed by atoms with Crippen molar-refractivity contribution in [2.45, 2.75) is 20.8 Å². The fraction of sp³-hybridized carbons (Fsp3) is 0.172. The number of amides is 1. The van der Waals surface area contributed by atoms with Gasteiger partial charge in [0.2, 0.25) is 0 Å². The van der Waals surface area contributed by atoms with Crippen LogP contribution in [0.4, 0.5) is 5.69 Å². The lowest BCUT2D eigenvalue weighted by Crippen LogP contribution is -2.32.